The Kier molecular flexibility index (Phi) is 5.67. The molecule has 20 heavy (non-hydrogen) atoms. The van der Waals surface area contributed by atoms with Crippen LogP contribution in [0.2, 0.25) is 0 Å². The molecule has 0 atom stereocenters. The number of benzene rings is 1. The summed E-state index contributed by atoms with van der Waals surface area (Å²) in [6, 6.07) is 4.04. The average Bonchev–Trinajstić information content (AvgIpc) is 2.36. The first kappa shape index (κ1) is 15.6. The summed E-state index contributed by atoms with van der Waals surface area (Å²) in [6.45, 7) is 2.26. The second-order valence-corrected chi connectivity index (χ2v) is 3.82. The van der Waals surface area contributed by atoms with Gasteiger partial charge in [0.1, 0.15) is 11.5 Å². The van der Waals surface area contributed by atoms with Gasteiger partial charge in [-0.1, -0.05) is 0 Å². The van der Waals surface area contributed by atoms with Gasteiger partial charge in [0.05, 0.1) is 12.2 Å². The van der Waals surface area contributed by atoms with Crippen molar-refractivity contribution in [2.75, 3.05) is 13.2 Å². The summed E-state index contributed by atoms with van der Waals surface area (Å²) >= 11 is 0. The van der Waals surface area contributed by atoms with Gasteiger partial charge in [0.2, 0.25) is 0 Å². The molecule has 0 aliphatic heterocycles. The van der Waals surface area contributed by atoms with Crippen molar-refractivity contribution in [3.05, 3.63) is 23.8 Å². The maximum Gasteiger partial charge on any atom is 0.308 e. The van der Waals surface area contributed by atoms with Crippen molar-refractivity contribution in [3.8, 4) is 11.5 Å². The summed E-state index contributed by atoms with van der Waals surface area (Å²) in [4.78, 5) is 33.8. The number of rotatable bonds is 5. The lowest BCUT2D eigenvalue weighted by atomic mass is 10.1. The second kappa shape index (κ2) is 7.25. The fraction of sp³-hybridized carbons (Fsp3) is 0.308. The molecule has 7 heteroatoms. The molecule has 1 rings (SSSR count). The number of hydrogen-bond donors (Lipinski definition) is 2. The zero-order chi connectivity index (χ0) is 15.1. The Hall–Kier alpha value is -2.41. The number of esters is 2. The van der Waals surface area contributed by atoms with E-state index >= 15 is 0 Å². The number of nitrogens with one attached hydrogen (secondary N) is 1. The maximum atomic E-state index is 11.9. The molecule has 0 aliphatic carbocycles. The number of ether oxygens (including phenoxy) is 2. The molecule has 0 radical (unpaired) electrons. The second-order valence-electron chi connectivity index (χ2n) is 3.82. The van der Waals surface area contributed by atoms with Crippen LogP contribution in [0.25, 0.3) is 0 Å². The number of aliphatic hydroxyl groups is 1. The quantitative estimate of drug-likeness (QED) is 0.593. The highest BCUT2D eigenvalue weighted by Gasteiger charge is 2.16. The molecule has 108 valence electrons. The molecular weight excluding hydrogens is 266 g/mol. The van der Waals surface area contributed by atoms with Gasteiger partial charge in [-0.2, -0.15) is 0 Å². The van der Waals surface area contributed by atoms with Gasteiger partial charge in [-0.05, 0) is 18.2 Å². The lowest BCUT2D eigenvalue weighted by Gasteiger charge is -2.11. The standard InChI is InChI=1S/C13H15NO6/c1-8(16)19-10-3-4-12(20-9(2)17)11(7-10)13(18)14-5-6-15/h3-4,7,15H,5-6H2,1-2H3,(H,14,18). The fourth-order valence-electron chi connectivity index (χ4n) is 1.42. The summed E-state index contributed by atoms with van der Waals surface area (Å²) in [6.07, 6.45) is 0. The highest BCUT2D eigenvalue weighted by molar-refractivity contribution is 5.98. The minimum absolute atomic E-state index is 0.0346. The highest BCUT2D eigenvalue weighted by atomic mass is 16.5. The molecule has 0 heterocycles. The SMILES string of the molecule is CC(=O)Oc1ccc(OC(C)=O)c(C(=O)NCCO)c1. The van der Waals surface area contributed by atoms with E-state index in [4.69, 9.17) is 14.6 Å². The van der Waals surface area contributed by atoms with Crippen LogP contribution in [0, 0.1) is 0 Å². The molecule has 0 saturated carbocycles. The smallest absolute Gasteiger partial charge is 0.308 e. The van der Waals surface area contributed by atoms with Crippen LogP contribution < -0.4 is 14.8 Å². The Labute approximate surface area is 115 Å². The summed E-state index contributed by atoms with van der Waals surface area (Å²) in [5.41, 5.74) is 0.0346. The Morgan fingerprint density at radius 3 is 2.35 bits per heavy atom. The molecule has 7 nitrogen and oxygen atoms in total. The number of carbonyl (C=O) groups is 3. The van der Waals surface area contributed by atoms with Crippen molar-refractivity contribution in [3.63, 3.8) is 0 Å². The van der Waals surface area contributed by atoms with Crippen LogP contribution in [-0.2, 0) is 9.59 Å². The van der Waals surface area contributed by atoms with Crippen LogP contribution in [0.15, 0.2) is 18.2 Å². The van der Waals surface area contributed by atoms with Crippen LogP contribution >= 0.6 is 0 Å². The molecule has 2 N–H and O–H groups in total. The van der Waals surface area contributed by atoms with Crippen LogP contribution in [0.5, 0.6) is 11.5 Å². The maximum absolute atomic E-state index is 11.9. The zero-order valence-electron chi connectivity index (χ0n) is 11.1. The monoisotopic (exact) mass is 281 g/mol. The normalized spacial score (nSPS) is 9.75. The molecular formula is C13H15NO6. The molecule has 1 amide bonds. The van der Waals surface area contributed by atoms with Crippen molar-refractivity contribution in [1.29, 1.82) is 0 Å². The van der Waals surface area contributed by atoms with Crippen molar-refractivity contribution < 1.29 is 29.0 Å². The predicted octanol–water partition coefficient (Wildman–Crippen LogP) is 0.259. The minimum atomic E-state index is -0.582. The Morgan fingerprint density at radius 2 is 1.80 bits per heavy atom. The summed E-state index contributed by atoms with van der Waals surface area (Å²) < 4.78 is 9.76. The lowest BCUT2D eigenvalue weighted by Crippen LogP contribution is -2.27. The first-order chi connectivity index (χ1) is 9.43. The fourth-order valence-corrected chi connectivity index (χ4v) is 1.42. The molecule has 0 aromatic heterocycles. The topological polar surface area (TPSA) is 102 Å². The van der Waals surface area contributed by atoms with Gasteiger partial charge in [-0.15, -0.1) is 0 Å². The average molecular weight is 281 g/mol. The Balaban J connectivity index is 3.07. The summed E-state index contributed by atoms with van der Waals surface area (Å²) in [5.74, 6) is -1.47. The largest absolute Gasteiger partial charge is 0.427 e. The van der Waals surface area contributed by atoms with E-state index in [0.717, 1.165) is 0 Å². The van der Waals surface area contributed by atoms with E-state index in [1.807, 2.05) is 0 Å². The number of amides is 1. The van der Waals surface area contributed by atoms with Gasteiger partial charge in [-0.3, -0.25) is 14.4 Å². The highest BCUT2D eigenvalue weighted by Crippen LogP contribution is 2.24. The van der Waals surface area contributed by atoms with Crippen LogP contribution in [0.1, 0.15) is 24.2 Å². The van der Waals surface area contributed by atoms with E-state index in [1.54, 1.807) is 0 Å². The van der Waals surface area contributed by atoms with E-state index in [2.05, 4.69) is 5.32 Å². The first-order valence-electron chi connectivity index (χ1n) is 5.84. The van der Waals surface area contributed by atoms with Crippen LogP contribution in [0.4, 0.5) is 0 Å². The molecule has 1 aromatic rings. The van der Waals surface area contributed by atoms with Gasteiger partial charge in [0.15, 0.2) is 0 Å². The molecule has 0 bridgehead atoms. The minimum Gasteiger partial charge on any atom is -0.427 e. The first-order valence-corrected chi connectivity index (χ1v) is 5.84. The molecule has 0 saturated heterocycles. The van der Waals surface area contributed by atoms with Crippen molar-refractivity contribution in [2.24, 2.45) is 0 Å². The molecule has 0 spiro atoms. The van der Waals surface area contributed by atoms with Gasteiger partial charge in [-0.25, -0.2) is 0 Å². The summed E-state index contributed by atoms with van der Waals surface area (Å²) in [7, 11) is 0. The van der Waals surface area contributed by atoms with Crippen LogP contribution in [0.3, 0.4) is 0 Å². The number of hydrogen-bond acceptors (Lipinski definition) is 6. The third-order valence-electron chi connectivity index (χ3n) is 2.11. The predicted molar refractivity (Wildman–Crippen MR) is 68.5 cm³/mol. The number of carbonyl (C=O) groups excluding carboxylic acids is 3. The Bertz CT molecular complexity index is 526. The van der Waals surface area contributed by atoms with Gasteiger partial charge < -0.3 is 19.9 Å². The molecule has 0 aliphatic rings. The van der Waals surface area contributed by atoms with Gasteiger partial charge in [0.25, 0.3) is 5.91 Å². The molecule has 1 aromatic carbocycles. The Morgan fingerprint density at radius 1 is 1.15 bits per heavy atom. The van der Waals surface area contributed by atoms with Gasteiger partial charge >= 0.3 is 11.9 Å². The van der Waals surface area contributed by atoms with E-state index in [-0.39, 0.29) is 30.2 Å². The van der Waals surface area contributed by atoms with E-state index < -0.39 is 17.8 Å². The molecule has 0 fully saturated rings. The lowest BCUT2D eigenvalue weighted by molar-refractivity contribution is -0.133. The van der Waals surface area contributed by atoms with E-state index in [0.29, 0.717) is 0 Å². The third-order valence-corrected chi connectivity index (χ3v) is 2.11. The van der Waals surface area contributed by atoms with Crippen molar-refractivity contribution in [1.82, 2.24) is 5.32 Å². The van der Waals surface area contributed by atoms with Crippen molar-refractivity contribution >= 4 is 17.8 Å². The number of aliphatic hydroxyl groups excluding tert-OH is 1. The van der Waals surface area contributed by atoms with E-state index in [1.165, 1.54) is 32.0 Å². The van der Waals surface area contributed by atoms with Gasteiger partial charge in [0, 0.05) is 20.4 Å². The third kappa shape index (κ3) is 4.69. The zero-order valence-corrected chi connectivity index (χ0v) is 11.1. The van der Waals surface area contributed by atoms with Crippen molar-refractivity contribution in [2.45, 2.75) is 13.8 Å². The van der Waals surface area contributed by atoms with Crippen LogP contribution in [-0.4, -0.2) is 36.1 Å². The summed E-state index contributed by atoms with van der Waals surface area (Å²) in [5, 5.41) is 11.1. The van der Waals surface area contributed by atoms with E-state index in [9.17, 15) is 14.4 Å². The molecule has 0 unspecified atom stereocenters.